The molecule has 0 spiro atoms. The summed E-state index contributed by atoms with van der Waals surface area (Å²) in [5, 5.41) is 7.31. The van der Waals surface area contributed by atoms with Gasteiger partial charge in [-0.3, -0.25) is 9.48 Å². The van der Waals surface area contributed by atoms with E-state index in [2.05, 4.69) is 38.3 Å². The van der Waals surface area contributed by atoms with Crippen molar-refractivity contribution in [2.75, 3.05) is 35.7 Å². The number of carbonyl (C=O) groups is 2. The van der Waals surface area contributed by atoms with Gasteiger partial charge in [0.25, 0.3) is 0 Å². The van der Waals surface area contributed by atoms with Crippen molar-refractivity contribution in [1.29, 1.82) is 0 Å². The van der Waals surface area contributed by atoms with Crippen LogP contribution in [-0.2, 0) is 13.0 Å². The Balaban J connectivity index is 1.08. The molecule has 0 bridgehead atoms. The number of nitrogens with one attached hydrogen (secondary N) is 1. The topological polar surface area (TPSA) is 157 Å². The van der Waals surface area contributed by atoms with E-state index in [9.17, 15) is 14.4 Å². The van der Waals surface area contributed by atoms with Crippen molar-refractivity contribution in [3.8, 4) is 0 Å². The number of nitrogens with zero attached hydrogens (tertiary/aromatic N) is 7. The second-order valence-electron chi connectivity index (χ2n) is 11.3. The molecular weight excluding hydrogens is 562 g/mol. The monoisotopic (exact) mass is 593 g/mol. The fraction of sp³-hybridized carbons (Fsp3) is 0.290. The van der Waals surface area contributed by atoms with Crippen LogP contribution in [0.25, 0.3) is 11.1 Å². The number of ketones is 1. The molecule has 1 saturated heterocycles. The first-order valence-corrected chi connectivity index (χ1v) is 14.5. The quantitative estimate of drug-likeness (QED) is 0.223. The first kappa shape index (κ1) is 27.4. The lowest BCUT2D eigenvalue weighted by molar-refractivity contribution is 0.103. The number of aryl methyl sites for hydroxylation is 1. The Kier molecular flexibility index (Phi) is 6.84. The lowest BCUT2D eigenvalue weighted by atomic mass is 10.0. The van der Waals surface area contributed by atoms with Crippen molar-refractivity contribution < 1.29 is 14.0 Å². The summed E-state index contributed by atoms with van der Waals surface area (Å²) < 4.78 is 7.93. The summed E-state index contributed by atoms with van der Waals surface area (Å²) in [6.07, 6.45) is 7.17. The molecule has 5 heterocycles. The van der Waals surface area contributed by atoms with Crippen molar-refractivity contribution in [3.63, 3.8) is 0 Å². The smallest absolute Gasteiger partial charge is 0.406 e. The van der Waals surface area contributed by atoms with Gasteiger partial charge in [0.05, 0.1) is 6.54 Å². The van der Waals surface area contributed by atoms with Crippen molar-refractivity contribution in [2.45, 2.75) is 38.8 Å². The summed E-state index contributed by atoms with van der Waals surface area (Å²) in [6, 6.07) is 12.8. The molecule has 2 aliphatic heterocycles. The van der Waals surface area contributed by atoms with Gasteiger partial charge in [-0.2, -0.15) is 9.77 Å². The Bertz CT molecular complexity index is 1940. The predicted octanol–water partition coefficient (Wildman–Crippen LogP) is 2.94. The highest BCUT2D eigenvalue weighted by atomic mass is 16.4. The van der Waals surface area contributed by atoms with E-state index in [1.807, 2.05) is 17.0 Å². The van der Waals surface area contributed by atoms with Crippen LogP contribution in [0.15, 0.2) is 70.4 Å². The molecule has 0 saturated carbocycles. The molecule has 44 heavy (non-hydrogen) atoms. The minimum absolute atomic E-state index is 0.0642. The zero-order chi connectivity index (χ0) is 30.4. The molecule has 2 aromatic carbocycles. The molecular formula is C31H31N9O4. The molecule has 2 amide bonds. The average Bonchev–Trinajstić information content (AvgIpc) is 3.60. The van der Waals surface area contributed by atoms with E-state index in [-0.39, 0.29) is 35.7 Å². The average molecular weight is 594 g/mol. The number of piperidine rings is 1. The van der Waals surface area contributed by atoms with Crippen LogP contribution in [0.4, 0.5) is 16.3 Å². The molecule has 0 aliphatic carbocycles. The molecule has 1 fully saturated rings. The Morgan fingerprint density at radius 3 is 2.73 bits per heavy atom. The lowest BCUT2D eigenvalue weighted by Crippen LogP contribution is -2.49. The third-order valence-electron chi connectivity index (χ3n) is 8.44. The number of nitrogen functional groups attached to an aromatic ring is 1. The summed E-state index contributed by atoms with van der Waals surface area (Å²) in [4.78, 5) is 51.7. The maximum atomic E-state index is 13.7. The van der Waals surface area contributed by atoms with E-state index in [4.69, 9.17) is 10.3 Å². The van der Waals surface area contributed by atoms with Gasteiger partial charge in [-0.25, -0.2) is 19.6 Å². The van der Waals surface area contributed by atoms with E-state index in [0.717, 1.165) is 35.2 Å². The van der Waals surface area contributed by atoms with Crippen LogP contribution in [0.3, 0.4) is 0 Å². The number of carbonyl (C=O) groups excluding carboxylic acids is 2. The molecule has 2 aliphatic rings. The summed E-state index contributed by atoms with van der Waals surface area (Å²) in [5.41, 5.74) is 4.95. The fourth-order valence-corrected chi connectivity index (χ4v) is 6.20. The number of anilines is 2. The number of oxazole rings is 1. The number of aromatic nitrogens is 5. The highest BCUT2D eigenvalue weighted by Crippen LogP contribution is 2.28. The van der Waals surface area contributed by atoms with Gasteiger partial charge in [0.2, 0.25) is 5.78 Å². The largest absolute Gasteiger partial charge is 0.438 e. The molecule has 7 rings (SSSR count). The van der Waals surface area contributed by atoms with Crippen LogP contribution in [-0.4, -0.2) is 66.8 Å². The van der Waals surface area contributed by atoms with Gasteiger partial charge in [0.15, 0.2) is 5.58 Å². The van der Waals surface area contributed by atoms with E-state index in [1.54, 1.807) is 35.3 Å². The van der Waals surface area contributed by atoms with Crippen LogP contribution in [0, 0.1) is 6.92 Å². The summed E-state index contributed by atoms with van der Waals surface area (Å²) in [5.74, 6) is 5.53. The summed E-state index contributed by atoms with van der Waals surface area (Å²) in [6.45, 7) is 4.37. The number of amides is 2. The van der Waals surface area contributed by atoms with Crippen LogP contribution >= 0.6 is 0 Å². The number of rotatable bonds is 6. The second kappa shape index (κ2) is 11.0. The number of hydrogen-bond donors (Lipinski definition) is 2. The molecule has 3 N–H and O–H groups in total. The lowest BCUT2D eigenvalue weighted by Gasteiger charge is -2.38. The van der Waals surface area contributed by atoms with E-state index in [1.165, 1.54) is 18.0 Å². The molecule has 13 nitrogen and oxygen atoms in total. The number of urea groups is 1. The van der Waals surface area contributed by atoms with Crippen molar-refractivity contribution in [2.24, 2.45) is 0 Å². The van der Waals surface area contributed by atoms with Gasteiger partial charge in [-0.15, -0.1) is 0 Å². The predicted molar refractivity (Wildman–Crippen MR) is 163 cm³/mol. The van der Waals surface area contributed by atoms with E-state index in [0.29, 0.717) is 42.1 Å². The number of hydrogen-bond acceptors (Lipinski definition) is 9. The van der Waals surface area contributed by atoms with E-state index < -0.39 is 5.76 Å². The molecule has 3 aromatic heterocycles. The Labute approximate surface area is 251 Å². The molecule has 5 aromatic rings. The molecule has 0 atom stereocenters. The molecule has 13 heteroatoms. The SMILES string of the molecule is Cc1ccc2c(c1)CCN(C1CCN(c3cc(C(=O)c4cc(Cn5cccn5)c5c(c4)oc(=O)n5N)ncn3)CC1)C(=O)N2. The first-order chi connectivity index (χ1) is 21.3. The number of nitrogens with two attached hydrogens (primary N) is 1. The standard InChI is InChI=1S/C31H31N9O4/c1-19-3-4-24-20(13-19)5-12-39(30(42)36-24)23-6-10-37(11-7-23)27-16-25(33-18-34-27)29(41)21-14-22(17-38-9-2-8-35-38)28-26(15-21)44-31(43)40(28)32/h2-4,8-9,13-16,18,23H,5-7,10-12,17,32H2,1H3,(H,36,42). The Morgan fingerprint density at radius 1 is 1.09 bits per heavy atom. The zero-order valence-corrected chi connectivity index (χ0v) is 24.1. The van der Waals surface area contributed by atoms with Gasteiger partial charge in [0, 0.05) is 61.0 Å². The van der Waals surface area contributed by atoms with Crippen molar-refractivity contribution in [1.82, 2.24) is 29.3 Å². The van der Waals surface area contributed by atoms with Gasteiger partial charge in [0.1, 0.15) is 23.4 Å². The third kappa shape index (κ3) is 5.06. The van der Waals surface area contributed by atoms with E-state index >= 15 is 0 Å². The Morgan fingerprint density at radius 2 is 1.93 bits per heavy atom. The summed E-state index contributed by atoms with van der Waals surface area (Å²) in [7, 11) is 0. The molecule has 224 valence electrons. The fourth-order valence-electron chi connectivity index (χ4n) is 6.20. The van der Waals surface area contributed by atoms with Crippen LogP contribution in [0.2, 0.25) is 0 Å². The van der Waals surface area contributed by atoms with Gasteiger partial charge < -0.3 is 25.4 Å². The Hall–Kier alpha value is -5.46. The molecule has 0 radical (unpaired) electrons. The normalized spacial score (nSPS) is 15.7. The number of benzene rings is 2. The minimum Gasteiger partial charge on any atom is -0.406 e. The minimum atomic E-state index is -0.726. The van der Waals surface area contributed by atoms with Crippen LogP contribution in [0.1, 0.15) is 45.6 Å². The first-order valence-electron chi connectivity index (χ1n) is 14.5. The number of fused-ring (bicyclic) bond motifs is 2. The zero-order valence-electron chi connectivity index (χ0n) is 24.1. The van der Waals surface area contributed by atoms with Crippen LogP contribution < -0.4 is 21.8 Å². The maximum Gasteiger partial charge on any atom is 0.438 e. The summed E-state index contributed by atoms with van der Waals surface area (Å²) >= 11 is 0. The maximum absolute atomic E-state index is 13.7. The highest BCUT2D eigenvalue weighted by Gasteiger charge is 2.31. The van der Waals surface area contributed by atoms with Gasteiger partial charge >= 0.3 is 11.8 Å². The van der Waals surface area contributed by atoms with Gasteiger partial charge in [-0.05, 0) is 56.0 Å². The van der Waals surface area contributed by atoms with Crippen molar-refractivity contribution in [3.05, 3.63) is 99.7 Å². The second-order valence-corrected chi connectivity index (χ2v) is 11.3. The highest BCUT2D eigenvalue weighted by molar-refractivity contribution is 6.09. The van der Waals surface area contributed by atoms with Gasteiger partial charge in [-0.1, -0.05) is 17.7 Å². The molecule has 0 unspecified atom stereocenters. The van der Waals surface area contributed by atoms with Crippen LogP contribution in [0.5, 0.6) is 0 Å². The third-order valence-corrected chi connectivity index (χ3v) is 8.44. The van der Waals surface area contributed by atoms with Crippen molar-refractivity contribution >= 4 is 34.4 Å².